The Balaban J connectivity index is 2.19. The number of aryl methyl sites for hydroxylation is 3. The maximum atomic E-state index is 13.1. The Morgan fingerprint density at radius 3 is 2.28 bits per heavy atom. The molecular weight excluding hydrogens is 364 g/mol. The van der Waals surface area contributed by atoms with Crippen LogP contribution < -0.4 is 10.1 Å². The van der Waals surface area contributed by atoms with Crippen LogP contribution in [0.15, 0.2) is 42.5 Å². The molecule has 2 rings (SSSR count). The van der Waals surface area contributed by atoms with E-state index in [0.29, 0.717) is 25.3 Å². The second-order valence-electron chi connectivity index (χ2n) is 7.36. The van der Waals surface area contributed by atoms with E-state index in [1.807, 2.05) is 77.1 Å². The van der Waals surface area contributed by atoms with Gasteiger partial charge in [-0.3, -0.25) is 9.59 Å². The van der Waals surface area contributed by atoms with Crippen LogP contribution in [-0.4, -0.2) is 35.9 Å². The Morgan fingerprint density at radius 2 is 1.69 bits per heavy atom. The topological polar surface area (TPSA) is 58.6 Å². The number of ether oxygens (including phenoxy) is 1. The lowest BCUT2D eigenvalue weighted by Crippen LogP contribution is -2.50. The van der Waals surface area contributed by atoms with Gasteiger partial charge in [-0.15, -0.1) is 0 Å². The quantitative estimate of drug-likeness (QED) is 0.699. The second kappa shape index (κ2) is 10.6. The molecule has 0 spiro atoms. The van der Waals surface area contributed by atoms with Gasteiger partial charge in [-0.05, 0) is 62.9 Å². The molecule has 0 aromatic heterocycles. The number of amides is 2. The van der Waals surface area contributed by atoms with Crippen molar-refractivity contribution in [1.29, 1.82) is 0 Å². The van der Waals surface area contributed by atoms with Gasteiger partial charge in [0.1, 0.15) is 11.8 Å². The Kier molecular flexibility index (Phi) is 8.25. The standard InChI is InChI=1S/C24H32N2O3/c1-6-22(24(28)25-7-2)26(15-20-11-8-17(3)9-12-20)23(27)16-29-21-13-10-18(4)19(5)14-21/h8-14,22H,6-7,15-16H2,1-5H3,(H,25,28)/t22-/m0/s1. The Labute approximate surface area is 174 Å². The zero-order valence-corrected chi connectivity index (χ0v) is 18.1. The third kappa shape index (κ3) is 6.34. The summed E-state index contributed by atoms with van der Waals surface area (Å²) in [7, 11) is 0. The minimum absolute atomic E-state index is 0.107. The SMILES string of the molecule is CCNC(=O)[C@H](CC)N(Cc1ccc(C)cc1)C(=O)COc1ccc(C)c(C)c1. The first kappa shape index (κ1) is 22.5. The van der Waals surface area contributed by atoms with Crippen LogP contribution in [-0.2, 0) is 16.1 Å². The van der Waals surface area contributed by atoms with Crippen molar-refractivity contribution < 1.29 is 14.3 Å². The van der Waals surface area contributed by atoms with Gasteiger partial charge < -0.3 is 15.0 Å². The van der Waals surface area contributed by atoms with E-state index in [9.17, 15) is 9.59 Å². The van der Waals surface area contributed by atoms with Crippen molar-refractivity contribution in [2.75, 3.05) is 13.2 Å². The number of carbonyl (C=O) groups is 2. The zero-order valence-electron chi connectivity index (χ0n) is 18.1. The number of nitrogens with zero attached hydrogens (tertiary/aromatic N) is 1. The molecule has 0 radical (unpaired) electrons. The molecule has 29 heavy (non-hydrogen) atoms. The number of likely N-dealkylation sites (N-methyl/N-ethyl adjacent to an activating group) is 1. The first-order valence-corrected chi connectivity index (χ1v) is 10.2. The predicted molar refractivity (Wildman–Crippen MR) is 116 cm³/mol. The van der Waals surface area contributed by atoms with Crippen LogP contribution in [0.4, 0.5) is 0 Å². The summed E-state index contributed by atoms with van der Waals surface area (Å²) in [5.41, 5.74) is 4.42. The van der Waals surface area contributed by atoms with E-state index in [-0.39, 0.29) is 18.4 Å². The molecule has 0 unspecified atom stereocenters. The van der Waals surface area contributed by atoms with Gasteiger partial charge in [0.05, 0.1) is 0 Å². The van der Waals surface area contributed by atoms with E-state index < -0.39 is 6.04 Å². The van der Waals surface area contributed by atoms with Gasteiger partial charge in [-0.25, -0.2) is 0 Å². The normalized spacial score (nSPS) is 11.6. The van der Waals surface area contributed by atoms with Crippen LogP contribution in [0, 0.1) is 20.8 Å². The monoisotopic (exact) mass is 396 g/mol. The highest BCUT2D eigenvalue weighted by Gasteiger charge is 2.28. The summed E-state index contributed by atoms with van der Waals surface area (Å²) < 4.78 is 5.75. The van der Waals surface area contributed by atoms with E-state index in [2.05, 4.69) is 5.32 Å². The summed E-state index contributed by atoms with van der Waals surface area (Å²) in [4.78, 5) is 27.3. The fourth-order valence-corrected chi connectivity index (χ4v) is 3.13. The molecular formula is C24H32N2O3. The summed E-state index contributed by atoms with van der Waals surface area (Å²) in [6.45, 7) is 10.6. The van der Waals surface area contributed by atoms with Crippen LogP contribution in [0.25, 0.3) is 0 Å². The van der Waals surface area contributed by atoms with Crippen molar-refractivity contribution in [2.45, 2.75) is 53.6 Å². The molecule has 0 saturated heterocycles. The molecule has 0 fully saturated rings. The fraction of sp³-hybridized carbons (Fsp3) is 0.417. The van der Waals surface area contributed by atoms with E-state index in [1.54, 1.807) is 4.90 Å². The number of benzene rings is 2. The molecule has 0 aliphatic rings. The molecule has 2 aromatic rings. The minimum Gasteiger partial charge on any atom is -0.484 e. The minimum atomic E-state index is -0.535. The summed E-state index contributed by atoms with van der Waals surface area (Å²) >= 11 is 0. The largest absolute Gasteiger partial charge is 0.484 e. The Bertz CT molecular complexity index is 831. The summed E-state index contributed by atoms with van der Waals surface area (Å²) in [5.74, 6) is 0.311. The lowest BCUT2D eigenvalue weighted by molar-refractivity contribution is -0.142. The molecule has 156 valence electrons. The molecule has 5 nitrogen and oxygen atoms in total. The van der Waals surface area contributed by atoms with Gasteiger partial charge in [0, 0.05) is 13.1 Å². The van der Waals surface area contributed by atoms with Crippen LogP contribution in [0.2, 0.25) is 0 Å². The summed E-state index contributed by atoms with van der Waals surface area (Å²) in [6.07, 6.45) is 0.535. The maximum absolute atomic E-state index is 13.1. The molecule has 2 amide bonds. The molecule has 5 heteroatoms. The van der Waals surface area contributed by atoms with Gasteiger partial charge in [-0.1, -0.05) is 42.8 Å². The van der Waals surface area contributed by atoms with Crippen molar-refractivity contribution in [2.24, 2.45) is 0 Å². The van der Waals surface area contributed by atoms with Crippen LogP contribution in [0.1, 0.15) is 42.5 Å². The van der Waals surface area contributed by atoms with Gasteiger partial charge in [0.15, 0.2) is 6.61 Å². The number of hydrogen-bond donors (Lipinski definition) is 1. The lowest BCUT2D eigenvalue weighted by Gasteiger charge is -2.30. The highest BCUT2D eigenvalue weighted by Crippen LogP contribution is 2.18. The van der Waals surface area contributed by atoms with Gasteiger partial charge >= 0.3 is 0 Å². The third-order valence-corrected chi connectivity index (χ3v) is 5.05. The van der Waals surface area contributed by atoms with Gasteiger partial charge in [-0.2, -0.15) is 0 Å². The summed E-state index contributed by atoms with van der Waals surface area (Å²) in [6, 6.07) is 13.2. The molecule has 2 aromatic carbocycles. The smallest absolute Gasteiger partial charge is 0.261 e. The Morgan fingerprint density at radius 1 is 1.00 bits per heavy atom. The molecule has 0 aliphatic carbocycles. The van der Waals surface area contributed by atoms with Crippen molar-refractivity contribution in [3.8, 4) is 5.75 Å². The van der Waals surface area contributed by atoms with Crippen molar-refractivity contribution >= 4 is 11.8 Å². The molecule has 0 saturated carbocycles. The molecule has 1 atom stereocenters. The fourth-order valence-electron chi connectivity index (χ4n) is 3.13. The number of carbonyl (C=O) groups excluding carboxylic acids is 2. The first-order valence-electron chi connectivity index (χ1n) is 10.2. The van der Waals surface area contributed by atoms with Crippen LogP contribution >= 0.6 is 0 Å². The van der Waals surface area contributed by atoms with Crippen molar-refractivity contribution in [3.05, 3.63) is 64.7 Å². The number of nitrogens with one attached hydrogen (secondary N) is 1. The van der Waals surface area contributed by atoms with Crippen molar-refractivity contribution in [3.63, 3.8) is 0 Å². The van der Waals surface area contributed by atoms with Crippen molar-refractivity contribution in [1.82, 2.24) is 10.2 Å². The van der Waals surface area contributed by atoms with Crippen LogP contribution in [0.3, 0.4) is 0 Å². The average molecular weight is 397 g/mol. The van der Waals surface area contributed by atoms with E-state index >= 15 is 0 Å². The zero-order chi connectivity index (χ0) is 21.4. The van der Waals surface area contributed by atoms with E-state index in [4.69, 9.17) is 4.74 Å². The molecule has 1 N–H and O–H groups in total. The average Bonchev–Trinajstić information content (AvgIpc) is 2.70. The van der Waals surface area contributed by atoms with Gasteiger partial charge in [0.2, 0.25) is 5.91 Å². The van der Waals surface area contributed by atoms with E-state index in [1.165, 1.54) is 5.56 Å². The highest BCUT2D eigenvalue weighted by molar-refractivity contribution is 5.88. The number of hydrogen-bond acceptors (Lipinski definition) is 3. The number of rotatable bonds is 9. The third-order valence-electron chi connectivity index (χ3n) is 5.05. The van der Waals surface area contributed by atoms with E-state index in [0.717, 1.165) is 16.7 Å². The second-order valence-corrected chi connectivity index (χ2v) is 7.36. The Hall–Kier alpha value is -2.82. The predicted octanol–water partition coefficient (Wildman–Crippen LogP) is 3.93. The van der Waals surface area contributed by atoms with Gasteiger partial charge in [0.25, 0.3) is 5.91 Å². The molecule has 0 bridgehead atoms. The summed E-state index contributed by atoms with van der Waals surface area (Å²) in [5, 5.41) is 2.84. The maximum Gasteiger partial charge on any atom is 0.261 e. The molecule has 0 aliphatic heterocycles. The first-order chi connectivity index (χ1) is 13.8. The molecule has 0 heterocycles. The lowest BCUT2D eigenvalue weighted by atomic mass is 10.1. The van der Waals surface area contributed by atoms with Crippen LogP contribution in [0.5, 0.6) is 5.75 Å². The highest BCUT2D eigenvalue weighted by atomic mass is 16.5.